The van der Waals surface area contributed by atoms with Crippen LogP contribution in [0.5, 0.6) is 0 Å². The summed E-state index contributed by atoms with van der Waals surface area (Å²) in [6.45, 7) is 1.31. The summed E-state index contributed by atoms with van der Waals surface area (Å²) in [6.07, 6.45) is 1.57. The number of benzene rings is 1. The smallest absolute Gasteiger partial charge is 0.321 e. The second-order valence-corrected chi connectivity index (χ2v) is 5.41. The van der Waals surface area contributed by atoms with E-state index in [4.69, 9.17) is 0 Å². The Kier molecular flexibility index (Phi) is 3.14. The Bertz CT molecular complexity index is 477. The van der Waals surface area contributed by atoms with Crippen LogP contribution < -0.4 is 5.32 Å². The van der Waals surface area contributed by atoms with E-state index in [2.05, 4.69) is 5.32 Å². The molecule has 102 valence electrons. The number of fused-ring (bicyclic) bond motifs is 1. The van der Waals surface area contributed by atoms with Crippen molar-refractivity contribution in [1.82, 2.24) is 4.90 Å². The summed E-state index contributed by atoms with van der Waals surface area (Å²) in [7, 11) is 0. The van der Waals surface area contributed by atoms with Gasteiger partial charge in [-0.1, -0.05) is 0 Å². The van der Waals surface area contributed by atoms with Crippen LogP contribution in [0.3, 0.4) is 0 Å². The number of nitrogens with one attached hydrogen (secondary N) is 1. The Hall–Kier alpha value is -1.62. The fourth-order valence-corrected chi connectivity index (χ4v) is 3.14. The first-order valence-corrected chi connectivity index (χ1v) is 6.63. The lowest BCUT2D eigenvalue weighted by atomic mass is 10.00. The molecule has 4 nitrogen and oxygen atoms in total. The Morgan fingerprint density at radius 1 is 1.26 bits per heavy atom. The standard InChI is InChI=1S/C14H17FN2O2/c15-10-2-4-11(5-3-10)16-14(19)17-7-9-1-6-13(18)12(9)8-17/h2-5,9,12-13,18H,1,6-8H2,(H,16,19). The maximum Gasteiger partial charge on any atom is 0.321 e. The van der Waals surface area contributed by atoms with Crippen molar-refractivity contribution in [3.63, 3.8) is 0 Å². The van der Waals surface area contributed by atoms with E-state index in [1.165, 1.54) is 12.1 Å². The maximum atomic E-state index is 12.8. The average molecular weight is 264 g/mol. The van der Waals surface area contributed by atoms with Gasteiger partial charge >= 0.3 is 6.03 Å². The van der Waals surface area contributed by atoms with Gasteiger partial charge in [-0.3, -0.25) is 0 Å². The third-order valence-corrected chi connectivity index (χ3v) is 4.20. The summed E-state index contributed by atoms with van der Waals surface area (Å²) >= 11 is 0. The van der Waals surface area contributed by atoms with Gasteiger partial charge in [-0.25, -0.2) is 9.18 Å². The van der Waals surface area contributed by atoms with Crippen LogP contribution >= 0.6 is 0 Å². The largest absolute Gasteiger partial charge is 0.393 e. The number of amides is 2. The number of anilines is 1. The van der Waals surface area contributed by atoms with Crippen molar-refractivity contribution in [2.24, 2.45) is 11.8 Å². The first-order valence-electron chi connectivity index (χ1n) is 6.63. The molecule has 19 heavy (non-hydrogen) atoms. The van der Waals surface area contributed by atoms with Gasteiger partial charge in [-0.2, -0.15) is 0 Å². The van der Waals surface area contributed by atoms with Crippen molar-refractivity contribution >= 4 is 11.7 Å². The summed E-state index contributed by atoms with van der Waals surface area (Å²) < 4.78 is 12.8. The molecule has 1 aliphatic heterocycles. The number of hydrogen-bond acceptors (Lipinski definition) is 2. The minimum Gasteiger partial charge on any atom is -0.393 e. The number of aliphatic hydroxyl groups is 1. The van der Waals surface area contributed by atoms with Crippen LogP contribution in [0.15, 0.2) is 24.3 Å². The highest BCUT2D eigenvalue weighted by Crippen LogP contribution is 2.38. The minimum atomic E-state index is -0.322. The highest BCUT2D eigenvalue weighted by atomic mass is 19.1. The molecule has 2 aliphatic rings. The van der Waals surface area contributed by atoms with Crippen LogP contribution in [-0.2, 0) is 0 Å². The predicted molar refractivity (Wildman–Crippen MR) is 69.2 cm³/mol. The monoisotopic (exact) mass is 264 g/mol. The van der Waals surface area contributed by atoms with Crippen molar-refractivity contribution in [3.8, 4) is 0 Å². The fourth-order valence-electron chi connectivity index (χ4n) is 3.14. The van der Waals surface area contributed by atoms with Gasteiger partial charge in [0.15, 0.2) is 0 Å². The van der Waals surface area contributed by atoms with Crippen LogP contribution in [0.4, 0.5) is 14.9 Å². The number of nitrogens with zero attached hydrogens (tertiary/aromatic N) is 1. The molecule has 5 heteroatoms. The van der Waals surface area contributed by atoms with E-state index in [0.29, 0.717) is 24.7 Å². The van der Waals surface area contributed by atoms with Gasteiger partial charge in [0.1, 0.15) is 5.82 Å². The molecule has 2 fully saturated rings. The molecule has 0 aromatic heterocycles. The van der Waals surface area contributed by atoms with E-state index in [-0.39, 0.29) is 23.9 Å². The summed E-state index contributed by atoms with van der Waals surface area (Å²) in [6, 6.07) is 5.54. The quantitative estimate of drug-likeness (QED) is 0.815. The van der Waals surface area contributed by atoms with Crippen molar-refractivity contribution in [2.75, 3.05) is 18.4 Å². The number of likely N-dealkylation sites (tertiary alicyclic amines) is 1. The molecule has 3 rings (SSSR count). The lowest BCUT2D eigenvalue weighted by molar-refractivity contribution is 0.127. The van der Waals surface area contributed by atoms with Gasteiger partial charge in [0.2, 0.25) is 0 Å². The molecule has 1 aromatic rings. The normalized spacial score (nSPS) is 29.4. The van der Waals surface area contributed by atoms with E-state index in [1.807, 2.05) is 0 Å². The van der Waals surface area contributed by atoms with Crippen molar-refractivity contribution in [3.05, 3.63) is 30.1 Å². The molecule has 1 saturated carbocycles. The SMILES string of the molecule is O=C(Nc1ccc(F)cc1)N1CC2CCC(O)C2C1. The second kappa shape index (κ2) is 4.81. The number of carbonyl (C=O) groups is 1. The zero-order chi connectivity index (χ0) is 13.4. The van der Waals surface area contributed by atoms with Crippen molar-refractivity contribution in [2.45, 2.75) is 18.9 Å². The van der Waals surface area contributed by atoms with Gasteiger partial charge in [0, 0.05) is 24.7 Å². The lowest BCUT2D eigenvalue weighted by Crippen LogP contribution is -2.34. The maximum absolute atomic E-state index is 12.8. The Morgan fingerprint density at radius 3 is 2.68 bits per heavy atom. The first-order chi connectivity index (χ1) is 9.13. The fraction of sp³-hybridized carbons (Fsp3) is 0.500. The van der Waals surface area contributed by atoms with Gasteiger partial charge in [0.25, 0.3) is 0 Å². The van der Waals surface area contributed by atoms with E-state index >= 15 is 0 Å². The predicted octanol–water partition coefficient (Wildman–Crippen LogP) is 2.06. The molecule has 0 radical (unpaired) electrons. The molecule has 0 bridgehead atoms. The Balaban J connectivity index is 1.61. The molecule has 3 unspecified atom stereocenters. The summed E-state index contributed by atoms with van der Waals surface area (Å²) in [5.74, 6) is 0.324. The van der Waals surface area contributed by atoms with Gasteiger partial charge in [0.05, 0.1) is 6.10 Å². The zero-order valence-electron chi connectivity index (χ0n) is 10.6. The Labute approximate surface area is 111 Å². The summed E-state index contributed by atoms with van der Waals surface area (Å²) in [5, 5.41) is 12.6. The second-order valence-electron chi connectivity index (χ2n) is 5.41. The number of halogens is 1. The number of urea groups is 1. The van der Waals surface area contributed by atoms with Gasteiger partial charge in [-0.15, -0.1) is 0 Å². The average Bonchev–Trinajstić information content (AvgIpc) is 2.95. The van der Waals surface area contributed by atoms with Crippen LogP contribution in [0, 0.1) is 17.7 Å². The van der Waals surface area contributed by atoms with Crippen LogP contribution in [0.2, 0.25) is 0 Å². The minimum absolute atomic E-state index is 0.173. The highest BCUT2D eigenvalue weighted by Gasteiger charge is 2.43. The van der Waals surface area contributed by atoms with E-state index in [1.54, 1.807) is 17.0 Å². The van der Waals surface area contributed by atoms with Crippen molar-refractivity contribution in [1.29, 1.82) is 0 Å². The molecular weight excluding hydrogens is 247 g/mol. The van der Waals surface area contributed by atoms with Crippen LogP contribution in [0.25, 0.3) is 0 Å². The number of carbonyl (C=O) groups excluding carboxylic acids is 1. The number of rotatable bonds is 1. The summed E-state index contributed by atoms with van der Waals surface area (Å²) in [5.41, 5.74) is 0.587. The molecule has 1 saturated heterocycles. The number of hydrogen-bond donors (Lipinski definition) is 2. The molecule has 1 heterocycles. The third kappa shape index (κ3) is 2.42. The van der Waals surface area contributed by atoms with E-state index < -0.39 is 0 Å². The summed E-state index contributed by atoms with van der Waals surface area (Å²) in [4.78, 5) is 13.8. The number of aliphatic hydroxyl groups excluding tert-OH is 1. The van der Waals surface area contributed by atoms with E-state index in [0.717, 1.165) is 12.8 Å². The van der Waals surface area contributed by atoms with Gasteiger partial charge < -0.3 is 15.3 Å². The molecule has 1 aromatic carbocycles. The molecular formula is C14H17FN2O2. The third-order valence-electron chi connectivity index (χ3n) is 4.20. The first kappa shape index (κ1) is 12.4. The molecule has 3 atom stereocenters. The molecule has 2 N–H and O–H groups in total. The highest BCUT2D eigenvalue weighted by molar-refractivity contribution is 5.89. The van der Waals surface area contributed by atoms with Crippen molar-refractivity contribution < 1.29 is 14.3 Å². The van der Waals surface area contributed by atoms with E-state index in [9.17, 15) is 14.3 Å². The zero-order valence-corrected chi connectivity index (χ0v) is 10.6. The van der Waals surface area contributed by atoms with Crippen LogP contribution in [0.1, 0.15) is 12.8 Å². The Morgan fingerprint density at radius 2 is 2.00 bits per heavy atom. The lowest BCUT2D eigenvalue weighted by Gasteiger charge is -2.19. The van der Waals surface area contributed by atoms with Crippen LogP contribution in [-0.4, -0.2) is 35.2 Å². The molecule has 0 spiro atoms. The molecule has 2 amide bonds. The topological polar surface area (TPSA) is 52.6 Å². The molecule has 1 aliphatic carbocycles. The van der Waals surface area contributed by atoms with Gasteiger partial charge in [-0.05, 0) is 43.0 Å².